The Balaban J connectivity index is 2.07. The van der Waals surface area contributed by atoms with E-state index < -0.39 is 16.9 Å². The van der Waals surface area contributed by atoms with Crippen LogP contribution in [0, 0.1) is 16.0 Å². The molecule has 144 valence electrons. The number of nitrogens with zero attached hydrogens (tertiary/aromatic N) is 2. The Hall–Kier alpha value is -3.35. The first-order valence-electron chi connectivity index (χ1n) is 9.03. The van der Waals surface area contributed by atoms with Crippen LogP contribution in [0.3, 0.4) is 0 Å². The van der Waals surface area contributed by atoms with Gasteiger partial charge in [0, 0.05) is 30.7 Å². The Labute approximate surface area is 162 Å². The minimum absolute atomic E-state index is 0.0935. The lowest BCUT2D eigenvalue weighted by Crippen LogP contribution is -2.41. The lowest BCUT2D eigenvalue weighted by molar-refractivity contribution is -0.384. The third-order valence-corrected chi connectivity index (χ3v) is 4.99. The molecule has 1 fully saturated rings. The lowest BCUT2D eigenvalue weighted by Gasteiger charge is -2.33. The molecule has 3 rings (SSSR count). The van der Waals surface area contributed by atoms with Crippen LogP contribution < -0.4 is 0 Å². The van der Waals surface area contributed by atoms with Gasteiger partial charge in [0.15, 0.2) is 5.78 Å². The van der Waals surface area contributed by atoms with Gasteiger partial charge in [0.05, 0.1) is 11.0 Å². The number of rotatable bonds is 7. The van der Waals surface area contributed by atoms with Crippen LogP contribution in [0.1, 0.15) is 41.7 Å². The summed E-state index contributed by atoms with van der Waals surface area (Å²) in [6.07, 6.45) is 1.00. The Kier molecular flexibility index (Phi) is 5.63. The predicted octanol–water partition coefficient (Wildman–Crippen LogP) is 3.35. The monoisotopic (exact) mass is 380 g/mol. The molecule has 28 heavy (non-hydrogen) atoms. The molecule has 1 aliphatic rings. The van der Waals surface area contributed by atoms with Crippen molar-refractivity contribution in [3.8, 4) is 0 Å². The van der Waals surface area contributed by atoms with Crippen molar-refractivity contribution in [3.63, 3.8) is 0 Å². The molecular weight excluding hydrogens is 360 g/mol. The second kappa shape index (κ2) is 8.12. The SMILES string of the molecule is CC(=O)C(C(=O)c1ccccc1)C(c1ccc([N+](=O)[O-])cc1)N1CCCC1=O. The number of hydrogen-bond acceptors (Lipinski definition) is 5. The number of Topliss-reactive ketones (excluding diaryl/α,β-unsaturated/α-hetero) is 2. The van der Waals surface area contributed by atoms with Gasteiger partial charge < -0.3 is 4.90 Å². The zero-order valence-corrected chi connectivity index (χ0v) is 15.4. The van der Waals surface area contributed by atoms with E-state index in [1.807, 2.05) is 0 Å². The van der Waals surface area contributed by atoms with Gasteiger partial charge in [-0.1, -0.05) is 42.5 Å². The zero-order valence-electron chi connectivity index (χ0n) is 15.4. The van der Waals surface area contributed by atoms with Gasteiger partial charge in [-0.15, -0.1) is 0 Å². The molecule has 2 atom stereocenters. The first-order chi connectivity index (χ1) is 13.4. The number of amides is 1. The summed E-state index contributed by atoms with van der Waals surface area (Å²) >= 11 is 0. The number of carbonyl (C=O) groups excluding carboxylic acids is 3. The molecule has 0 aliphatic carbocycles. The molecule has 0 bridgehead atoms. The number of nitro groups is 1. The number of benzene rings is 2. The lowest BCUT2D eigenvalue weighted by atomic mass is 9.83. The first kappa shape index (κ1) is 19.4. The molecule has 1 saturated heterocycles. The summed E-state index contributed by atoms with van der Waals surface area (Å²) in [6.45, 7) is 1.77. The Bertz CT molecular complexity index is 908. The number of hydrogen-bond donors (Lipinski definition) is 0. The summed E-state index contributed by atoms with van der Waals surface area (Å²) in [4.78, 5) is 50.2. The van der Waals surface area contributed by atoms with Gasteiger partial charge in [-0.2, -0.15) is 0 Å². The molecule has 2 aromatic carbocycles. The third kappa shape index (κ3) is 3.83. The summed E-state index contributed by atoms with van der Waals surface area (Å²) < 4.78 is 0. The van der Waals surface area contributed by atoms with E-state index in [-0.39, 0.29) is 23.2 Å². The van der Waals surface area contributed by atoms with E-state index in [0.717, 1.165) is 0 Å². The second-order valence-electron chi connectivity index (χ2n) is 6.80. The average molecular weight is 380 g/mol. The molecule has 0 spiro atoms. The van der Waals surface area contributed by atoms with Crippen LogP contribution in [0.25, 0.3) is 0 Å². The van der Waals surface area contributed by atoms with Gasteiger partial charge in [0.1, 0.15) is 11.7 Å². The minimum Gasteiger partial charge on any atom is -0.334 e. The summed E-state index contributed by atoms with van der Waals surface area (Å²) in [6, 6.07) is 13.4. The molecular formula is C21H20N2O5. The molecule has 1 amide bonds. The second-order valence-corrected chi connectivity index (χ2v) is 6.80. The average Bonchev–Trinajstić information content (AvgIpc) is 3.11. The normalized spacial score (nSPS) is 15.9. The molecule has 0 aromatic heterocycles. The van der Waals surface area contributed by atoms with E-state index >= 15 is 0 Å². The number of non-ortho nitro benzene ring substituents is 1. The van der Waals surface area contributed by atoms with E-state index in [1.165, 1.54) is 31.2 Å². The fourth-order valence-corrected chi connectivity index (χ4v) is 3.64. The molecule has 7 nitrogen and oxygen atoms in total. The van der Waals surface area contributed by atoms with Crippen LogP contribution in [-0.4, -0.2) is 33.8 Å². The van der Waals surface area contributed by atoms with Crippen LogP contribution in [0.5, 0.6) is 0 Å². The van der Waals surface area contributed by atoms with Crippen molar-refractivity contribution in [2.75, 3.05) is 6.54 Å². The van der Waals surface area contributed by atoms with Crippen molar-refractivity contribution >= 4 is 23.2 Å². The van der Waals surface area contributed by atoms with Crippen molar-refractivity contribution in [2.24, 2.45) is 5.92 Å². The topological polar surface area (TPSA) is 97.6 Å². The molecule has 2 aromatic rings. The molecule has 0 saturated carbocycles. The van der Waals surface area contributed by atoms with E-state index in [2.05, 4.69) is 0 Å². The summed E-state index contributed by atoms with van der Waals surface area (Å²) in [5, 5.41) is 11.0. The van der Waals surface area contributed by atoms with Gasteiger partial charge in [-0.3, -0.25) is 24.5 Å². The first-order valence-corrected chi connectivity index (χ1v) is 9.03. The van der Waals surface area contributed by atoms with Crippen LogP contribution in [-0.2, 0) is 9.59 Å². The Morgan fingerprint density at radius 3 is 2.21 bits per heavy atom. The van der Waals surface area contributed by atoms with Crippen LogP contribution in [0.4, 0.5) is 5.69 Å². The fourth-order valence-electron chi connectivity index (χ4n) is 3.64. The van der Waals surface area contributed by atoms with E-state index in [0.29, 0.717) is 30.5 Å². The molecule has 1 heterocycles. The number of likely N-dealkylation sites (tertiary alicyclic amines) is 1. The highest BCUT2D eigenvalue weighted by atomic mass is 16.6. The summed E-state index contributed by atoms with van der Waals surface area (Å²) in [5.74, 6) is -1.92. The summed E-state index contributed by atoms with van der Waals surface area (Å²) in [7, 11) is 0. The maximum absolute atomic E-state index is 13.2. The molecule has 0 N–H and O–H groups in total. The highest BCUT2D eigenvalue weighted by Crippen LogP contribution is 2.35. The van der Waals surface area contributed by atoms with Crippen LogP contribution >= 0.6 is 0 Å². The molecule has 0 radical (unpaired) electrons. The minimum atomic E-state index is -1.08. The Morgan fingerprint density at radius 2 is 1.71 bits per heavy atom. The van der Waals surface area contributed by atoms with E-state index in [1.54, 1.807) is 35.2 Å². The molecule has 2 unspecified atom stereocenters. The highest BCUT2D eigenvalue weighted by molar-refractivity contribution is 6.11. The largest absolute Gasteiger partial charge is 0.334 e. The number of ketones is 2. The predicted molar refractivity (Wildman–Crippen MR) is 102 cm³/mol. The van der Waals surface area contributed by atoms with E-state index in [9.17, 15) is 24.5 Å². The third-order valence-electron chi connectivity index (χ3n) is 4.99. The van der Waals surface area contributed by atoms with Crippen molar-refractivity contribution in [2.45, 2.75) is 25.8 Å². The summed E-state index contributed by atoms with van der Waals surface area (Å²) in [5.41, 5.74) is 0.829. The van der Waals surface area contributed by atoms with Crippen molar-refractivity contribution in [3.05, 3.63) is 75.8 Å². The standard InChI is InChI=1S/C21H20N2O5/c1-14(24)19(21(26)16-6-3-2-4-7-16)20(22-13-5-8-18(22)25)15-9-11-17(12-10-15)23(27)28/h2-4,6-7,9-12,19-20H,5,8,13H2,1H3. The quantitative estimate of drug-likeness (QED) is 0.318. The fraction of sp³-hybridized carbons (Fsp3) is 0.286. The van der Waals surface area contributed by atoms with Crippen molar-refractivity contribution in [1.82, 2.24) is 4.90 Å². The van der Waals surface area contributed by atoms with Gasteiger partial charge in [0.25, 0.3) is 5.69 Å². The van der Waals surface area contributed by atoms with Gasteiger partial charge in [0.2, 0.25) is 5.91 Å². The maximum atomic E-state index is 13.2. The molecule has 1 aliphatic heterocycles. The van der Waals surface area contributed by atoms with Crippen molar-refractivity contribution < 1.29 is 19.3 Å². The Morgan fingerprint density at radius 1 is 1.07 bits per heavy atom. The highest BCUT2D eigenvalue weighted by Gasteiger charge is 2.41. The number of carbonyl (C=O) groups is 3. The van der Waals surface area contributed by atoms with Gasteiger partial charge >= 0.3 is 0 Å². The molecule has 7 heteroatoms. The van der Waals surface area contributed by atoms with Crippen molar-refractivity contribution in [1.29, 1.82) is 0 Å². The van der Waals surface area contributed by atoms with Gasteiger partial charge in [-0.25, -0.2) is 0 Å². The van der Waals surface area contributed by atoms with E-state index in [4.69, 9.17) is 0 Å². The van der Waals surface area contributed by atoms with Crippen LogP contribution in [0.15, 0.2) is 54.6 Å². The zero-order chi connectivity index (χ0) is 20.3. The van der Waals surface area contributed by atoms with Crippen LogP contribution in [0.2, 0.25) is 0 Å². The van der Waals surface area contributed by atoms with Gasteiger partial charge in [-0.05, 0) is 18.9 Å². The number of nitro benzene ring substituents is 1. The smallest absolute Gasteiger partial charge is 0.269 e. The maximum Gasteiger partial charge on any atom is 0.269 e.